The van der Waals surface area contributed by atoms with Crippen LogP contribution in [0.3, 0.4) is 0 Å². The summed E-state index contributed by atoms with van der Waals surface area (Å²) in [6.07, 6.45) is 4.46. The van der Waals surface area contributed by atoms with Crippen LogP contribution in [0.1, 0.15) is 16.1 Å². The van der Waals surface area contributed by atoms with Gasteiger partial charge < -0.3 is 14.5 Å². The van der Waals surface area contributed by atoms with E-state index in [1.807, 2.05) is 0 Å². The fourth-order valence-electron chi connectivity index (χ4n) is 2.89. The van der Waals surface area contributed by atoms with Gasteiger partial charge in [-0.25, -0.2) is 9.37 Å². The minimum absolute atomic E-state index is 0.0546. The minimum atomic E-state index is -0.409. The lowest BCUT2D eigenvalue weighted by Crippen LogP contribution is -2.51. The number of aromatic nitrogens is 2. The highest BCUT2D eigenvalue weighted by molar-refractivity contribution is 5.92. The molecule has 26 heavy (non-hydrogen) atoms. The molecule has 2 aromatic rings. The summed E-state index contributed by atoms with van der Waals surface area (Å²) in [5.41, 5.74) is 0.798. The minimum Gasteiger partial charge on any atom is -0.496 e. The summed E-state index contributed by atoms with van der Waals surface area (Å²) in [7, 11) is 1.48. The Morgan fingerprint density at radius 1 is 1.15 bits per heavy atom. The number of methoxy groups -OCH3 is 1. The van der Waals surface area contributed by atoms with Gasteiger partial charge in [0.2, 0.25) is 5.91 Å². The average molecular weight is 358 g/mol. The normalized spacial score (nSPS) is 14.2. The van der Waals surface area contributed by atoms with E-state index in [-0.39, 0.29) is 23.9 Å². The molecule has 1 aliphatic heterocycles. The molecule has 3 rings (SSSR count). The molecular weight excluding hydrogens is 339 g/mol. The molecule has 1 aromatic carbocycles. The quantitative estimate of drug-likeness (QED) is 0.820. The molecule has 136 valence electrons. The molecule has 0 radical (unpaired) electrons. The lowest BCUT2D eigenvalue weighted by Gasteiger charge is -2.34. The fourth-order valence-corrected chi connectivity index (χ4v) is 2.89. The Labute approximate surface area is 150 Å². The second-order valence-corrected chi connectivity index (χ2v) is 5.90. The van der Waals surface area contributed by atoms with Crippen LogP contribution in [0, 0.1) is 5.82 Å². The first-order valence-electron chi connectivity index (χ1n) is 8.24. The Hall–Kier alpha value is -3.03. The monoisotopic (exact) mass is 358 g/mol. The molecule has 0 saturated carbocycles. The lowest BCUT2D eigenvalue weighted by atomic mass is 10.1. The van der Waals surface area contributed by atoms with Gasteiger partial charge in [-0.15, -0.1) is 0 Å². The highest BCUT2D eigenvalue weighted by atomic mass is 19.1. The van der Waals surface area contributed by atoms with Gasteiger partial charge in [-0.2, -0.15) is 0 Å². The number of carbonyl (C=O) groups excluding carboxylic acids is 2. The number of amides is 2. The van der Waals surface area contributed by atoms with Crippen LogP contribution in [0.25, 0.3) is 0 Å². The highest BCUT2D eigenvalue weighted by Crippen LogP contribution is 2.21. The van der Waals surface area contributed by atoms with Crippen LogP contribution in [0.15, 0.2) is 36.8 Å². The predicted molar refractivity (Wildman–Crippen MR) is 91.2 cm³/mol. The van der Waals surface area contributed by atoms with Crippen molar-refractivity contribution in [3.05, 3.63) is 53.9 Å². The van der Waals surface area contributed by atoms with Crippen LogP contribution >= 0.6 is 0 Å². The van der Waals surface area contributed by atoms with Crippen molar-refractivity contribution in [2.24, 2.45) is 0 Å². The van der Waals surface area contributed by atoms with Crippen molar-refractivity contribution in [1.29, 1.82) is 0 Å². The van der Waals surface area contributed by atoms with Gasteiger partial charge >= 0.3 is 0 Å². The number of nitrogens with zero attached hydrogens (tertiary/aromatic N) is 4. The number of carbonyl (C=O) groups is 2. The van der Waals surface area contributed by atoms with E-state index in [0.717, 1.165) is 0 Å². The highest BCUT2D eigenvalue weighted by Gasteiger charge is 2.26. The molecule has 8 heteroatoms. The Morgan fingerprint density at radius 3 is 2.54 bits per heavy atom. The summed E-state index contributed by atoms with van der Waals surface area (Å²) >= 11 is 0. The molecular formula is C18H19FN4O3. The van der Waals surface area contributed by atoms with Crippen molar-refractivity contribution in [3.8, 4) is 5.75 Å². The molecule has 0 bridgehead atoms. The number of piperazine rings is 1. The predicted octanol–water partition coefficient (Wildman–Crippen LogP) is 1.15. The Balaban J connectivity index is 1.59. The SMILES string of the molecule is COc1ccc(F)cc1CC(=O)N1CCN(C(=O)c2cnccn2)CC1. The topological polar surface area (TPSA) is 75.6 Å². The van der Waals surface area contributed by atoms with Gasteiger partial charge in [-0.1, -0.05) is 0 Å². The fraction of sp³-hybridized carbons (Fsp3) is 0.333. The molecule has 1 aliphatic rings. The molecule has 1 aromatic heterocycles. The summed E-state index contributed by atoms with van der Waals surface area (Å²) in [6.45, 7) is 1.67. The Kier molecular flexibility index (Phi) is 5.40. The maximum absolute atomic E-state index is 13.4. The number of ether oxygens (including phenoxy) is 1. The first-order chi connectivity index (χ1) is 12.6. The van der Waals surface area contributed by atoms with Gasteiger partial charge in [0.05, 0.1) is 19.7 Å². The zero-order valence-electron chi connectivity index (χ0n) is 14.4. The largest absolute Gasteiger partial charge is 0.496 e. The van der Waals surface area contributed by atoms with E-state index in [1.165, 1.54) is 43.9 Å². The second kappa shape index (κ2) is 7.90. The van der Waals surface area contributed by atoms with Gasteiger partial charge in [0.25, 0.3) is 5.91 Å². The van der Waals surface area contributed by atoms with Crippen LogP contribution < -0.4 is 4.74 Å². The van der Waals surface area contributed by atoms with Gasteiger partial charge in [0.15, 0.2) is 0 Å². The van der Waals surface area contributed by atoms with E-state index < -0.39 is 5.82 Å². The standard InChI is InChI=1S/C18H19FN4O3/c1-26-16-3-2-14(19)10-13(16)11-17(24)22-6-8-23(9-7-22)18(25)15-12-20-4-5-21-15/h2-5,10,12H,6-9,11H2,1H3. The summed E-state index contributed by atoms with van der Waals surface area (Å²) in [5.74, 6) is -0.248. The lowest BCUT2D eigenvalue weighted by molar-refractivity contribution is -0.131. The summed E-state index contributed by atoms with van der Waals surface area (Å²) in [6, 6.07) is 4.11. The van der Waals surface area contributed by atoms with Gasteiger partial charge in [-0.05, 0) is 18.2 Å². The second-order valence-electron chi connectivity index (χ2n) is 5.90. The molecule has 2 heterocycles. The molecule has 0 aliphatic carbocycles. The van der Waals surface area contributed by atoms with Crippen molar-refractivity contribution in [2.75, 3.05) is 33.3 Å². The van der Waals surface area contributed by atoms with E-state index in [1.54, 1.807) is 9.80 Å². The maximum Gasteiger partial charge on any atom is 0.274 e. The molecule has 7 nitrogen and oxygen atoms in total. The Morgan fingerprint density at radius 2 is 1.88 bits per heavy atom. The number of rotatable bonds is 4. The molecule has 1 saturated heterocycles. The molecule has 0 spiro atoms. The van der Waals surface area contributed by atoms with Gasteiger partial charge in [-0.3, -0.25) is 14.6 Å². The molecule has 0 N–H and O–H groups in total. The van der Waals surface area contributed by atoms with E-state index in [0.29, 0.717) is 37.5 Å². The molecule has 1 fully saturated rings. The first kappa shape index (κ1) is 17.8. The van der Waals surface area contributed by atoms with Crippen molar-refractivity contribution in [2.45, 2.75) is 6.42 Å². The number of halogens is 1. The van der Waals surface area contributed by atoms with Crippen molar-refractivity contribution < 1.29 is 18.7 Å². The van der Waals surface area contributed by atoms with Gasteiger partial charge in [0.1, 0.15) is 17.3 Å². The van der Waals surface area contributed by atoms with Crippen molar-refractivity contribution >= 4 is 11.8 Å². The molecule has 2 amide bonds. The summed E-state index contributed by atoms with van der Waals surface area (Å²) in [4.78, 5) is 36.1. The smallest absolute Gasteiger partial charge is 0.274 e. The van der Waals surface area contributed by atoms with E-state index in [2.05, 4.69) is 9.97 Å². The molecule has 0 atom stereocenters. The van der Waals surface area contributed by atoms with Crippen LogP contribution in [0.4, 0.5) is 4.39 Å². The zero-order chi connectivity index (χ0) is 18.5. The average Bonchev–Trinajstić information content (AvgIpc) is 2.68. The van der Waals surface area contributed by atoms with Crippen LogP contribution in [0.2, 0.25) is 0 Å². The zero-order valence-corrected chi connectivity index (χ0v) is 14.4. The van der Waals surface area contributed by atoms with Crippen LogP contribution in [-0.4, -0.2) is 64.9 Å². The first-order valence-corrected chi connectivity index (χ1v) is 8.24. The van der Waals surface area contributed by atoms with E-state index >= 15 is 0 Å². The maximum atomic E-state index is 13.4. The Bertz CT molecular complexity index is 792. The van der Waals surface area contributed by atoms with Crippen LogP contribution in [0.5, 0.6) is 5.75 Å². The van der Waals surface area contributed by atoms with Crippen molar-refractivity contribution in [1.82, 2.24) is 19.8 Å². The van der Waals surface area contributed by atoms with Gasteiger partial charge in [0, 0.05) is 44.1 Å². The van der Waals surface area contributed by atoms with E-state index in [4.69, 9.17) is 4.74 Å². The number of hydrogen-bond acceptors (Lipinski definition) is 5. The molecule has 0 unspecified atom stereocenters. The summed E-state index contributed by atoms with van der Waals surface area (Å²) in [5, 5.41) is 0. The third kappa shape index (κ3) is 3.96. The third-order valence-electron chi connectivity index (χ3n) is 4.29. The van der Waals surface area contributed by atoms with E-state index in [9.17, 15) is 14.0 Å². The van der Waals surface area contributed by atoms with Crippen LogP contribution in [-0.2, 0) is 11.2 Å². The third-order valence-corrected chi connectivity index (χ3v) is 4.29. The number of benzene rings is 1. The number of hydrogen-bond donors (Lipinski definition) is 0. The summed E-state index contributed by atoms with van der Waals surface area (Å²) < 4.78 is 18.6. The van der Waals surface area contributed by atoms with Crippen molar-refractivity contribution in [3.63, 3.8) is 0 Å².